The Hall–Kier alpha value is -2.09. The zero-order chi connectivity index (χ0) is 14.9. The van der Waals surface area contributed by atoms with Crippen molar-refractivity contribution in [2.75, 3.05) is 0 Å². The summed E-state index contributed by atoms with van der Waals surface area (Å²) in [5.74, 6) is 0.390. The molecule has 2 nitrogen and oxygen atoms in total. The first kappa shape index (κ1) is 13.6. The van der Waals surface area contributed by atoms with Gasteiger partial charge in [0, 0.05) is 12.8 Å². The first-order valence-corrected chi connectivity index (χ1v) is 8.13. The molecule has 0 aliphatic heterocycles. The molecule has 0 saturated heterocycles. The number of fused-ring (bicyclic) bond motifs is 1. The molecule has 2 aliphatic carbocycles. The van der Waals surface area contributed by atoms with Crippen LogP contribution < -0.4 is 0 Å². The molecule has 0 amide bonds. The predicted octanol–water partition coefficient (Wildman–Crippen LogP) is 3.89. The Kier molecular flexibility index (Phi) is 3.45. The number of carbonyl (C=O) groups is 1. The van der Waals surface area contributed by atoms with Gasteiger partial charge >= 0.3 is 5.97 Å². The number of benzene rings is 2. The third kappa shape index (κ3) is 2.43. The van der Waals surface area contributed by atoms with Gasteiger partial charge in [0.25, 0.3) is 0 Å². The summed E-state index contributed by atoms with van der Waals surface area (Å²) in [4.78, 5) is 12.5. The van der Waals surface area contributed by atoms with Crippen molar-refractivity contribution in [3.63, 3.8) is 0 Å². The van der Waals surface area contributed by atoms with E-state index in [0.717, 1.165) is 25.7 Å². The van der Waals surface area contributed by atoms with E-state index in [0.29, 0.717) is 5.92 Å². The lowest BCUT2D eigenvalue weighted by Gasteiger charge is -2.35. The maximum atomic E-state index is 12.5. The summed E-state index contributed by atoms with van der Waals surface area (Å²) in [6, 6.07) is 18.7. The van der Waals surface area contributed by atoms with Crippen LogP contribution in [0.15, 0.2) is 54.6 Å². The minimum Gasteiger partial charge on any atom is -0.461 e. The van der Waals surface area contributed by atoms with Gasteiger partial charge in [0.2, 0.25) is 0 Å². The van der Waals surface area contributed by atoms with Crippen LogP contribution in [0.25, 0.3) is 0 Å². The topological polar surface area (TPSA) is 26.3 Å². The van der Waals surface area contributed by atoms with Crippen molar-refractivity contribution in [3.05, 3.63) is 71.3 Å². The SMILES string of the molecule is O=C(OC1Cc2ccccc2C1)C1CCC1c1ccccc1. The van der Waals surface area contributed by atoms with Gasteiger partial charge < -0.3 is 4.74 Å². The van der Waals surface area contributed by atoms with E-state index in [2.05, 4.69) is 36.4 Å². The Labute approximate surface area is 131 Å². The van der Waals surface area contributed by atoms with Crippen LogP contribution in [0.4, 0.5) is 0 Å². The predicted molar refractivity (Wildman–Crippen MR) is 85.6 cm³/mol. The van der Waals surface area contributed by atoms with Gasteiger partial charge in [-0.3, -0.25) is 4.79 Å². The largest absolute Gasteiger partial charge is 0.461 e. The molecule has 112 valence electrons. The van der Waals surface area contributed by atoms with Gasteiger partial charge in [-0.1, -0.05) is 54.6 Å². The van der Waals surface area contributed by atoms with E-state index < -0.39 is 0 Å². The molecule has 2 aromatic rings. The standard InChI is InChI=1S/C20H20O2/c21-20(19-11-10-18(19)14-6-2-1-3-7-14)22-17-12-15-8-4-5-9-16(15)13-17/h1-9,17-19H,10-13H2. The molecule has 0 heterocycles. The van der Waals surface area contributed by atoms with Crippen LogP contribution in [-0.2, 0) is 22.4 Å². The van der Waals surface area contributed by atoms with Crippen LogP contribution >= 0.6 is 0 Å². The van der Waals surface area contributed by atoms with Crippen molar-refractivity contribution in [2.45, 2.75) is 37.7 Å². The van der Waals surface area contributed by atoms with Crippen molar-refractivity contribution in [1.82, 2.24) is 0 Å². The number of rotatable bonds is 3. The molecule has 0 radical (unpaired) electrons. The lowest BCUT2D eigenvalue weighted by molar-refractivity contribution is -0.157. The second kappa shape index (κ2) is 5.60. The Morgan fingerprint density at radius 3 is 2.09 bits per heavy atom. The van der Waals surface area contributed by atoms with Crippen LogP contribution in [0.1, 0.15) is 35.4 Å². The van der Waals surface area contributed by atoms with Crippen molar-refractivity contribution < 1.29 is 9.53 Å². The molecule has 2 aliphatic rings. The van der Waals surface area contributed by atoms with Crippen molar-refractivity contribution in [3.8, 4) is 0 Å². The van der Waals surface area contributed by atoms with Crippen LogP contribution in [0.3, 0.4) is 0 Å². The monoisotopic (exact) mass is 292 g/mol. The van der Waals surface area contributed by atoms with E-state index in [4.69, 9.17) is 4.74 Å². The van der Waals surface area contributed by atoms with E-state index in [1.54, 1.807) is 0 Å². The molecule has 2 unspecified atom stereocenters. The number of ether oxygens (including phenoxy) is 1. The van der Waals surface area contributed by atoms with Crippen LogP contribution in [-0.4, -0.2) is 12.1 Å². The number of hydrogen-bond acceptors (Lipinski definition) is 2. The van der Waals surface area contributed by atoms with E-state index in [1.807, 2.05) is 18.2 Å². The fourth-order valence-electron chi connectivity index (χ4n) is 3.73. The molecule has 2 heteroatoms. The molecule has 0 bridgehead atoms. The first-order chi connectivity index (χ1) is 10.8. The molecule has 1 fully saturated rings. The number of hydrogen-bond donors (Lipinski definition) is 0. The maximum Gasteiger partial charge on any atom is 0.309 e. The summed E-state index contributed by atoms with van der Waals surface area (Å²) < 4.78 is 5.81. The second-order valence-electron chi connectivity index (χ2n) is 6.44. The Morgan fingerprint density at radius 2 is 1.50 bits per heavy atom. The zero-order valence-corrected chi connectivity index (χ0v) is 12.6. The first-order valence-electron chi connectivity index (χ1n) is 8.13. The summed E-state index contributed by atoms with van der Waals surface area (Å²) in [5, 5.41) is 0. The molecule has 22 heavy (non-hydrogen) atoms. The van der Waals surface area contributed by atoms with E-state index in [-0.39, 0.29) is 18.0 Å². The average Bonchev–Trinajstić information content (AvgIpc) is 2.89. The summed E-state index contributed by atoms with van der Waals surface area (Å²) in [6.45, 7) is 0. The van der Waals surface area contributed by atoms with Gasteiger partial charge in [0.1, 0.15) is 6.10 Å². The van der Waals surface area contributed by atoms with E-state index in [1.165, 1.54) is 16.7 Å². The van der Waals surface area contributed by atoms with Gasteiger partial charge in [-0.2, -0.15) is 0 Å². The molecule has 0 aromatic heterocycles. The molecular formula is C20H20O2. The van der Waals surface area contributed by atoms with Crippen LogP contribution in [0.5, 0.6) is 0 Å². The van der Waals surface area contributed by atoms with E-state index >= 15 is 0 Å². The van der Waals surface area contributed by atoms with Gasteiger partial charge in [-0.25, -0.2) is 0 Å². The molecular weight excluding hydrogens is 272 g/mol. The lowest BCUT2D eigenvalue weighted by atomic mass is 9.70. The lowest BCUT2D eigenvalue weighted by Crippen LogP contribution is -2.35. The quantitative estimate of drug-likeness (QED) is 0.802. The van der Waals surface area contributed by atoms with Crippen LogP contribution in [0, 0.1) is 5.92 Å². The highest BCUT2D eigenvalue weighted by atomic mass is 16.5. The van der Waals surface area contributed by atoms with Crippen molar-refractivity contribution in [1.29, 1.82) is 0 Å². The molecule has 4 rings (SSSR count). The normalized spacial score (nSPS) is 23.6. The molecule has 0 spiro atoms. The highest BCUT2D eigenvalue weighted by molar-refractivity contribution is 5.75. The molecule has 1 saturated carbocycles. The van der Waals surface area contributed by atoms with Crippen molar-refractivity contribution in [2.24, 2.45) is 5.92 Å². The minimum absolute atomic E-state index is 0.00194. The Morgan fingerprint density at radius 1 is 0.864 bits per heavy atom. The van der Waals surface area contributed by atoms with E-state index in [9.17, 15) is 4.79 Å². The summed E-state index contributed by atoms with van der Waals surface area (Å²) in [7, 11) is 0. The van der Waals surface area contributed by atoms with Crippen LogP contribution in [0.2, 0.25) is 0 Å². The van der Waals surface area contributed by atoms with Gasteiger partial charge in [-0.15, -0.1) is 0 Å². The van der Waals surface area contributed by atoms with Gasteiger partial charge in [0.05, 0.1) is 5.92 Å². The van der Waals surface area contributed by atoms with Gasteiger partial charge in [0.15, 0.2) is 0 Å². The molecule has 0 N–H and O–H groups in total. The fraction of sp³-hybridized carbons (Fsp3) is 0.350. The van der Waals surface area contributed by atoms with Gasteiger partial charge in [-0.05, 0) is 35.4 Å². The third-order valence-corrected chi connectivity index (χ3v) is 5.10. The summed E-state index contributed by atoms with van der Waals surface area (Å²) in [6.07, 6.45) is 3.81. The average molecular weight is 292 g/mol. The minimum atomic E-state index is -0.00194. The Bertz CT molecular complexity index is 652. The number of esters is 1. The number of carbonyl (C=O) groups excluding carboxylic acids is 1. The summed E-state index contributed by atoms with van der Waals surface area (Å²) >= 11 is 0. The highest BCUT2D eigenvalue weighted by Crippen LogP contribution is 2.43. The summed E-state index contributed by atoms with van der Waals surface area (Å²) in [5.41, 5.74) is 3.92. The third-order valence-electron chi connectivity index (χ3n) is 5.10. The molecule has 2 aromatic carbocycles. The Balaban J connectivity index is 1.40. The second-order valence-corrected chi connectivity index (χ2v) is 6.44. The zero-order valence-electron chi connectivity index (χ0n) is 12.6. The highest BCUT2D eigenvalue weighted by Gasteiger charge is 2.40. The fourth-order valence-corrected chi connectivity index (χ4v) is 3.73. The smallest absolute Gasteiger partial charge is 0.309 e. The molecule has 2 atom stereocenters. The van der Waals surface area contributed by atoms with Crippen molar-refractivity contribution >= 4 is 5.97 Å². The maximum absolute atomic E-state index is 12.5.